The van der Waals surface area contributed by atoms with Crippen molar-refractivity contribution in [3.05, 3.63) is 24.3 Å². The molecule has 23 heavy (non-hydrogen) atoms. The monoisotopic (exact) mass is 322 g/mol. The summed E-state index contributed by atoms with van der Waals surface area (Å²) < 4.78 is 9.63. The van der Waals surface area contributed by atoms with E-state index in [0.717, 1.165) is 0 Å². The number of hydrogen-bond acceptors (Lipinski definition) is 5. The zero-order valence-corrected chi connectivity index (χ0v) is 13.6. The largest absolute Gasteiger partial charge is 0.463 e. The summed E-state index contributed by atoms with van der Waals surface area (Å²) in [6.07, 6.45) is 0.0289. The Bertz CT molecular complexity index is 559. The Balaban J connectivity index is 2.47. The number of carbonyl (C=O) groups is 3. The fourth-order valence-corrected chi connectivity index (χ4v) is 1.72. The first-order valence-corrected chi connectivity index (χ1v) is 7.22. The van der Waals surface area contributed by atoms with Crippen LogP contribution in [0.15, 0.2) is 24.3 Å². The molecule has 0 aromatic heterocycles. The van der Waals surface area contributed by atoms with Crippen LogP contribution in [0.3, 0.4) is 0 Å². The van der Waals surface area contributed by atoms with E-state index in [9.17, 15) is 14.4 Å². The third-order valence-electron chi connectivity index (χ3n) is 3.10. The fourth-order valence-electron chi connectivity index (χ4n) is 1.72. The molecule has 1 N–H and O–H groups in total. The van der Waals surface area contributed by atoms with Gasteiger partial charge in [0, 0.05) is 38.9 Å². The number of nitrogens with zero attached hydrogens (tertiary/aromatic N) is 1. The van der Waals surface area contributed by atoms with E-state index < -0.39 is 5.97 Å². The summed E-state index contributed by atoms with van der Waals surface area (Å²) in [4.78, 5) is 36.0. The zero-order chi connectivity index (χ0) is 17.2. The minimum absolute atomic E-state index is 0.00257. The van der Waals surface area contributed by atoms with E-state index in [1.807, 2.05) is 0 Å². The molecular formula is C16H22N2O5. The molecule has 0 aliphatic rings. The Morgan fingerprint density at radius 2 is 1.91 bits per heavy atom. The first kappa shape index (κ1) is 18.6. The number of amides is 2. The molecule has 0 saturated heterocycles. The lowest BCUT2D eigenvalue weighted by molar-refractivity contribution is -0.145. The molecule has 0 bridgehead atoms. The van der Waals surface area contributed by atoms with Gasteiger partial charge in [-0.1, -0.05) is 6.07 Å². The van der Waals surface area contributed by atoms with Gasteiger partial charge in [-0.15, -0.1) is 0 Å². The van der Waals surface area contributed by atoms with Crippen molar-refractivity contribution < 1.29 is 23.9 Å². The van der Waals surface area contributed by atoms with Gasteiger partial charge in [-0.3, -0.25) is 14.4 Å². The molecular weight excluding hydrogens is 300 g/mol. The number of methoxy groups -OCH3 is 1. The van der Waals surface area contributed by atoms with E-state index in [4.69, 9.17) is 9.47 Å². The summed E-state index contributed by atoms with van der Waals surface area (Å²) in [6.45, 7) is 1.96. The topological polar surface area (TPSA) is 84.9 Å². The molecule has 1 rings (SSSR count). The molecule has 7 nitrogen and oxygen atoms in total. The van der Waals surface area contributed by atoms with E-state index in [1.165, 1.54) is 18.9 Å². The van der Waals surface area contributed by atoms with E-state index in [1.54, 1.807) is 31.3 Å². The number of nitrogens with one attached hydrogen (secondary N) is 1. The highest BCUT2D eigenvalue weighted by Crippen LogP contribution is 2.18. The lowest BCUT2D eigenvalue weighted by atomic mass is 10.2. The molecule has 0 fully saturated rings. The van der Waals surface area contributed by atoms with Gasteiger partial charge in [0.1, 0.15) is 6.61 Å². The zero-order valence-electron chi connectivity index (χ0n) is 13.6. The minimum Gasteiger partial charge on any atom is -0.463 e. The summed E-state index contributed by atoms with van der Waals surface area (Å²) in [7, 11) is 3.16. The summed E-state index contributed by atoms with van der Waals surface area (Å²) >= 11 is 0. The van der Waals surface area contributed by atoms with Crippen LogP contribution < -0.4 is 10.2 Å². The molecule has 0 aliphatic heterocycles. The number of ether oxygens (including phenoxy) is 2. The summed E-state index contributed by atoms with van der Waals surface area (Å²) in [5.41, 5.74) is 1.24. The maximum atomic E-state index is 11.8. The first-order valence-electron chi connectivity index (χ1n) is 7.22. The van der Waals surface area contributed by atoms with Crippen LogP contribution in [0.25, 0.3) is 0 Å². The quantitative estimate of drug-likeness (QED) is 0.580. The molecule has 0 atom stereocenters. The summed E-state index contributed by atoms with van der Waals surface area (Å²) in [6, 6.07) is 6.91. The van der Waals surface area contributed by atoms with Crippen LogP contribution in [-0.2, 0) is 23.9 Å². The van der Waals surface area contributed by atoms with Crippen LogP contribution in [0.5, 0.6) is 0 Å². The van der Waals surface area contributed by atoms with Gasteiger partial charge in [-0.05, 0) is 18.2 Å². The van der Waals surface area contributed by atoms with Gasteiger partial charge in [-0.25, -0.2) is 0 Å². The second-order valence-corrected chi connectivity index (χ2v) is 4.89. The van der Waals surface area contributed by atoms with Gasteiger partial charge in [0.15, 0.2) is 0 Å². The minimum atomic E-state index is -0.442. The standard InChI is InChI=1S/C16H22N2O5/c1-12(19)18(2)14-6-4-5-13(11-14)17-15(20)7-8-16(21)23-10-9-22-3/h4-6,11H,7-10H2,1-3H3,(H,17,20). The Morgan fingerprint density at radius 1 is 1.17 bits per heavy atom. The highest BCUT2D eigenvalue weighted by molar-refractivity contribution is 5.95. The van der Waals surface area contributed by atoms with Crippen molar-refractivity contribution in [2.45, 2.75) is 19.8 Å². The molecule has 0 heterocycles. The van der Waals surface area contributed by atoms with Crippen LogP contribution in [0.1, 0.15) is 19.8 Å². The van der Waals surface area contributed by atoms with Gasteiger partial charge in [0.2, 0.25) is 11.8 Å². The lowest BCUT2D eigenvalue weighted by Gasteiger charge is -2.16. The average molecular weight is 322 g/mol. The van der Waals surface area contributed by atoms with Gasteiger partial charge in [-0.2, -0.15) is 0 Å². The molecule has 0 radical (unpaired) electrons. The lowest BCUT2D eigenvalue weighted by Crippen LogP contribution is -2.23. The molecule has 7 heteroatoms. The number of anilines is 2. The number of esters is 1. The van der Waals surface area contributed by atoms with Crippen LogP contribution in [0.2, 0.25) is 0 Å². The highest BCUT2D eigenvalue weighted by atomic mass is 16.6. The second-order valence-electron chi connectivity index (χ2n) is 4.89. The summed E-state index contributed by atoms with van der Waals surface area (Å²) in [5.74, 6) is -0.842. The van der Waals surface area contributed by atoms with Crippen molar-refractivity contribution in [1.29, 1.82) is 0 Å². The number of hydrogen-bond donors (Lipinski definition) is 1. The molecule has 2 amide bonds. The maximum absolute atomic E-state index is 11.8. The van der Waals surface area contributed by atoms with Crippen molar-refractivity contribution in [1.82, 2.24) is 0 Å². The third kappa shape index (κ3) is 6.92. The molecule has 0 spiro atoms. The third-order valence-corrected chi connectivity index (χ3v) is 3.10. The summed E-state index contributed by atoms with van der Waals surface area (Å²) in [5, 5.41) is 2.69. The van der Waals surface area contributed by atoms with Gasteiger partial charge < -0.3 is 19.7 Å². The van der Waals surface area contributed by atoms with E-state index >= 15 is 0 Å². The molecule has 0 saturated carbocycles. The Kier molecular flexibility index (Phi) is 7.76. The SMILES string of the molecule is COCCOC(=O)CCC(=O)Nc1cccc(N(C)C(C)=O)c1. The Hall–Kier alpha value is -2.41. The number of benzene rings is 1. The van der Waals surface area contributed by atoms with Crippen molar-refractivity contribution in [3.8, 4) is 0 Å². The predicted molar refractivity (Wildman–Crippen MR) is 86.2 cm³/mol. The second kappa shape index (κ2) is 9.58. The predicted octanol–water partition coefficient (Wildman–Crippen LogP) is 1.58. The molecule has 126 valence electrons. The Morgan fingerprint density at radius 3 is 2.57 bits per heavy atom. The molecule has 0 aliphatic carbocycles. The fraction of sp³-hybridized carbons (Fsp3) is 0.438. The van der Waals surface area contributed by atoms with Crippen molar-refractivity contribution in [2.24, 2.45) is 0 Å². The molecule has 1 aromatic rings. The highest BCUT2D eigenvalue weighted by Gasteiger charge is 2.10. The van der Waals surface area contributed by atoms with E-state index in [-0.39, 0.29) is 31.3 Å². The van der Waals surface area contributed by atoms with Gasteiger partial charge in [0.05, 0.1) is 13.0 Å². The van der Waals surface area contributed by atoms with Crippen LogP contribution in [0.4, 0.5) is 11.4 Å². The van der Waals surface area contributed by atoms with Gasteiger partial charge >= 0.3 is 5.97 Å². The van der Waals surface area contributed by atoms with Crippen molar-refractivity contribution >= 4 is 29.2 Å². The normalized spacial score (nSPS) is 10.0. The van der Waals surface area contributed by atoms with E-state index in [2.05, 4.69) is 5.32 Å². The van der Waals surface area contributed by atoms with Crippen molar-refractivity contribution in [3.63, 3.8) is 0 Å². The van der Waals surface area contributed by atoms with Gasteiger partial charge in [0.25, 0.3) is 0 Å². The number of carbonyl (C=O) groups excluding carboxylic acids is 3. The average Bonchev–Trinajstić information content (AvgIpc) is 2.52. The molecule has 0 unspecified atom stereocenters. The molecule has 1 aromatic carbocycles. The van der Waals surface area contributed by atoms with E-state index in [0.29, 0.717) is 18.0 Å². The maximum Gasteiger partial charge on any atom is 0.306 e. The van der Waals surface area contributed by atoms with Crippen LogP contribution in [-0.4, -0.2) is 45.2 Å². The first-order chi connectivity index (χ1) is 10.9. The van der Waals surface area contributed by atoms with Crippen LogP contribution in [0, 0.1) is 0 Å². The number of rotatable bonds is 8. The van der Waals surface area contributed by atoms with Crippen LogP contribution >= 0.6 is 0 Å². The smallest absolute Gasteiger partial charge is 0.306 e. The Labute approximate surface area is 135 Å². The van der Waals surface area contributed by atoms with Crippen molar-refractivity contribution in [2.75, 3.05) is 37.6 Å².